The lowest BCUT2D eigenvalue weighted by Gasteiger charge is -2.49. The highest BCUT2D eigenvalue weighted by atomic mass is 32.2. The Balaban J connectivity index is 1.58. The van der Waals surface area contributed by atoms with E-state index in [1.54, 1.807) is 32.0 Å². The van der Waals surface area contributed by atoms with E-state index in [-0.39, 0.29) is 17.3 Å². The first kappa shape index (κ1) is 22.5. The average molecular weight is 500 g/mol. The lowest BCUT2D eigenvalue weighted by Crippen LogP contribution is -2.62. The number of benzene rings is 2. The van der Waals surface area contributed by atoms with Gasteiger partial charge >= 0.3 is 0 Å². The van der Waals surface area contributed by atoms with Crippen LogP contribution in [-0.2, 0) is 24.3 Å². The van der Waals surface area contributed by atoms with Gasteiger partial charge in [0, 0.05) is 17.4 Å². The third-order valence-electron chi connectivity index (χ3n) is 7.25. The van der Waals surface area contributed by atoms with E-state index < -0.39 is 51.8 Å². The van der Waals surface area contributed by atoms with Crippen LogP contribution in [0.5, 0.6) is 11.5 Å². The Labute approximate surface area is 203 Å². The lowest BCUT2D eigenvalue weighted by atomic mass is 9.67. The van der Waals surface area contributed by atoms with E-state index >= 15 is 0 Å². The standard InChI is InChI=1S/C25H25NO8S/c1-13-4-6-15(7-5-13)35(29,30)26-22-21(14(11-27)8-20-23(22)34-25(2,3)33-20)16-9-18-19(32-12-31-18)10-17(16)24(26)28/h4-7,9-11,14,20-23H,8,12H2,1-3H3/t14-,20-,21-,22-,23-/m1/s1. The van der Waals surface area contributed by atoms with Gasteiger partial charge in [-0.25, -0.2) is 12.7 Å². The number of hydrogen-bond acceptors (Lipinski definition) is 8. The van der Waals surface area contributed by atoms with Crippen molar-refractivity contribution >= 4 is 22.2 Å². The fourth-order valence-corrected chi connectivity index (χ4v) is 7.40. The first-order valence-corrected chi connectivity index (χ1v) is 12.9. The van der Waals surface area contributed by atoms with Gasteiger partial charge in [-0.2, -0.15) is 0 Å². The van der Waals surface area contributed by atoms with Crippen LogP contribution < -0.4 is 9.47 Å². The van der Waals surface area contributed by atoms with Crippen LogP contribution in [0.25, 0.3) is 0 Å². The minimum Gasteiger partial charge on any atom is -0.454 e. The summed E-state index contributed by atoms with van der Waals surface area (Å²) < 4.78 is 52.2. The molecule has 2 fully saturated rings. The maximum absolute atomic E-state index is 14.0. The summed E-state index contributed by atoms with van der Waals surface area (Å²) in [4.78, 5) is 26.3. The van der Waals surface area contributed by atoms with E-state index in [2.05, 4.69) is 0 Å². The summed E-state index contributed by atoms with van der Waals surface area (Å²) in [5.41, 5.74) is 1.62. The van der Waals surface area contributed by atoms with Crippen molar-refractivity contribution in [3.63, 3.8) is 0 Å². The van der Waals surface area contributed by atoms with Crippen LogP contribution in [0.3, 0.4) is 0 Å². The van der Waals surface area contributed by atoms with Gasteiger partial charge in [0.25, 0.3) is 15.9 Å². The summed E-state index contributed by atoms with van der Waals surface area (Å²) in [5, 5.41) is 0. The lowest BCUT2D eigenvalue weighted by molar-refractivity contribution is -0.148. The summed E-state index contributed by atoms with van der Waals surface area (Å²) in [5.74, 6) is -2.09. The van der Waals surface area contributed by atoms with Crippen LogP contribution in [0.2, 0.25) is 0 Å². The zero-order valence-electron chi connectivity index (χ0n) is 19.5. The molecule has 1 saturated carbocycles. The number of fused-ring (bicyclic) bond motifs is 6. The largest absolute Gasteiger partial charge is 0.454 e. The summed E-state index contributed by atoms with van der Waals surface area (Å²) in [6.07, 6.45) is -0.114. The predicted octanol–water partition coefficient (Wildman–Crippen LogP) is 2.76. The second-order valence-electron chi connectivity index (χ2n) is 9.90. The molecule has 4 aliphatic rings. The number of ether oxygens (including phenoxy) is 4. The van der Waals surface area contributed by atoms with Gasteiger partial charge in [0.1, 0.15) is 12.4 Å². The van der Waals surface area contributed by atoms with Gasteiger partial charge in [-0.1, -0.05) is 17.7 Å². The number of hydrogen-bond donors (Lipinski definition) is 0. The van der Waals surface area contributed by atoms with Crippen molar-refractivity contribution in [1.29, 1.82) is 0 Å². The quantitative estimate of drug-likeness (QED) is 0.594. The van der Waals surface area contributed by atoms with E-state index in [0.717, 1.165) is 16.2 Å². The SMILES string of the molecule is Cc1ccc(S(=O)(=O)N2C(=O)c3cc4c(cc3[C@@H]3[C@@H]2[C@@H]2OC(C)(C)O[C@@H]2C[C@@H]3C=O)OCO4)cc1. The van der Waals surface area contributed by atoms with Crippen LogP contribution in [0, 0.1) is 12.8 Å². The molecule has 184 valence electrons. The molecule has 1 aliphatic carbocycles. The van der Waals surface area contributed by atoms with Gasteiger partial charge in [0.15, 0.2) is 17.3 Å². The minimum atomic E-state index is -4.30. The molecule has 10 heteroatoms. The van der Waals surface area contributed by atoms with Crippen molar-refractivity contribution in [3.05, 3.63) is 53.1 Å². The molecule has 0 N–H and O–H groups in total. The van der Waals surface area contributed by atoms with Gasteiger partial charge in [-0.15, -0.1) is 0 Å². The highest BCUT2D eigenvalue weighted by Crippen LogP contribution is 2.53. The molecule has 3 aliphatic heterocycles. The van der Waals surface area contributed by atoms with Gasteiger partial charge in [-0.05, 0) is 57.0 Å². The Hall–Kier alpha value is -2.95. The summed E-state index contributed by atoms with van der Waals surface area (Å²) >= 11 is 0. The highest BCUT2D eigenvalue weighted by molar-refractivity contribution is 7.89. The average Bonchev–Trinajstić information content (AvgIpc) is 3.39. The third kappa shape index (κ3) is 3.30. The minimum absolute atomic E-state index is 0.00115. The Kier molecular flexibility index (Phi) is 4.84. The van der Waals surface area contributed by atoms with Crippen molar-refractivity contribution in [2.45, 2.75) is 62.0 Å². The number of aryl methyl sites for hydroxylation is 1. The molecule has 6 rings (SSSR count). The van der Waals surface area contributed by atoms with Crippen molar-refractivity contribution in [1.82, 2.24) is 4.31 Å². The summed E-state index contributed by atoms with van der Waals surface area (Å²) in [6.45, 7) is 5.33. The summed E-state index contributed by atoms with van der Waals surface area (Å²) in [7, 11) is -4.30. The molecule has 2 aromatic carbocycles. The van der Waals surface area contributed by atoms with Gasteiger partial charge in [0.05, 0.1) is 17.0 Å². The molecule has 5 atom stereocenters. The maximum atomic E-state index is 14.0. The molecular formula is C25H25NO8S. The molecule has 1 saturated heterocycles. The molecule has 2 aromatic rings. The van der Waals surface area contributed by atoms with Crippen LogP contribution in [-0.4, -0.2) is 55.7 Å². The van der Waals surface area contributed by atoms with Crippen LogP contribution in [0.1, 0.15) is 47.7 Å². The topological polar surface area (TPSA) is 108 Å². The molecule has 9 nitrogen and oxygen atoms in total. The van der Waals surface area contributed by atoms with Crippen molar-refractivity contribution in [2.75, 3.05) is 6.79 Å². The molecule has 0 aromatic heterocycles. The zero-order valence-corrected chi connectivity index (χ0v) is 20.3. The van der Waals surface area contributed by atoms with Gasteiger partial charge in [0.2, 0.25) is 6.79 Å². The maximum Gasteiger partial charge on any atom is 0.268 e. The Morgan fingerprint density at radius 2 is 1.74 bits per heavy atom. The van der Waals surface area contributed by atoms with Gasteiger partial charge in [-0.3, -0.25) is 4.79 Å². The third-order valence-corrected chi connectivity index (χ3v) is 9.04. The fraction of sp³-hybridized carbons (Fsp3) is 0.440. The smallest absolute Gasteiger partial charge is 0.268 e. The molecule has 0 unspecified atom stereocenters. The monoisotopic (exact) mass is 499 g/mol. The van der Waals surface area contributed by atoms with Gasteiger partial charge < -0.3 is 23.7 Å². The van der Waals surface area contributed by atoms with E-state index in [9.17, 15) is 18.0 Å². The second-order valence-corrected chi connectivity index (χ2v) is 11.7. The number of rotatable bonds is 3. The van der Waals surface area contributed by atoms with E-state index in [1.165, 1.54) is 18.2 Å². The molecule has 35 heavy (non-hydrogen) atoms. The first-order valence-electron chi connectivity index (χ1n) is 11.5. The molecule has 1 amide bonds. The number of aldehydes is 1. The fourth-order valence-electron chi connectivity index (χ4n) is 5.81. The van der Waals surface area contributed by atoms with Crippen LogP contribution in [0.15, 0.2) is 41.3 Å². The number of carbonyl (C=O) groups excluding carboxylic acids is 2. The number of sulfonamides is 1. The highest BCUT2D eigenvalue weighted by Gasteiger charge is 2.61. The number of nitrogens with zero attached hydrogens (tertiary/aromatic N) is 1. The van der Waals surface area contributed by atoms with Crippen LogP contribution in [0.4, 0.5) is 0 Å². The van der Waals surface area contributed by atoms with E-state index in [0.29, 0.717) is 23.5 Å². The van der Waals surface area contributed by atoms with Crippen molar-refractivity contribution in [3.8, 4) is 11.5 Å². The Morgan fingerprint density at radius 1 is 1.06 bits per heavy atom. The zero-order chi connectivity index (χ0) is 24.7. The molecule has 3 heterocycles. The molecule has 0 bridgehead atoms. The van der Waals surface area contributed by atoms with Crippen LogP contribution >= 0.6 is 0 Å². The molecule has 0 spiro atoms. The van der Waals surface area contributed by atoms with Crippen molar-refractivity contribution in [2.24, 2.45) is 5.92 Å². The Morgan fingerprint density at radius 3 is 2.43 bits per heavy atom. The second kappa shape index (κ2) is 7.52. The normalized spacial score (nSPS) is 30.4. The van der Waals surface area contributed by atoms with E-state index in [4.69, 9.17) is 18.9 Å². The predicted molar refractivity (Wildman–Crippen MR) is 122 cm³/mol. The van der Waals surface area contributed by atoms with Crippen molar-refractivity contribution < 1.29 is 37.0 Å². The molecule has 0 radical (unpaired) electrons. The number of carbonyl (C=O) groups is 2. The Bertz CT molecular complexity index is 1340. The van der Waals surface area contributed by atoms with E-state index in [1.807, 2.05) is 6.92 Å². The summed E-state index contributed by atoms with van der Waals surface area (Å²) in [6, 6.07) is 8.56. The first-order chi connectivity index (χ1) is 16.6. The number of amides is 1. The molecular weight excluding hydrogens is 474 g/mol.